The van der Waals surface area contributed by atoms with E-state index in [0.29, 0.717) is 22.2 Å². The van der Waals surface area contributed by atoms with Gasteiger partial charge in [-0.05, 0) is 24.1 Å². The third-order valence-electron chi connectivity index (χ3n) is 2.42. The fourth-order valence-electron chi connectivity index (χ4n) is 1.47. The largest absolute Gasteiger partial charge is 0.481 e. The van der Waals surface area contributed by atoms with Crippen molar-refractivity contribution in [1.82, 2.24) is 9.55 Å². The van der Waals surface area contributed by atoms with Gasteiger partial charge in [0.1, 0.15) is 5.75 Å². The SMILES string of the molecule is Cn1ccnc1C#Cc1cc(Cl)ccc1OCC(=O)O. The Morgan fingerprint density at radius 2 is 2.30 bits per heavy atom. The van der Waals surface area contributed by atoms with Gasteiger partial charge in [-0.15, -0.1) is 0 Å². The van der Waals surface area contributed by atoms with Crippen molar-refractivity contribution in [2.45, 2.75) is 0 Å². The quantitative estimate of drug-likeness (QED) is 0.878. The predicted octanol–water partition coefficient (Wildman–Crippen LogP) is 1.94. The Hall–Kier alpha value is -2.45. The number of aryl methyl sites for hydroxylation is 1. The Bertz CT molecular complexity index is 698. The van der Waals surface area contributed by atoms with Crippen LogP contribution in [0.4, 0.5) is 0 Å². The number of aliphatic carboxylic acids is 1. The minimum absolute atomic E-state index is 0.374. The van der Waals surface area contributed by atoms with Gasteiger partial charge in [0.15, 0.2) is 12.4 Å². The molecule has 1 aromatic carbocycles. The van der Waals surface area contributed by atoms with Gasteiger partial charge in [0.05, 0.1) is 5.56 Å². The summed E-state index contributed by atoms with van der Waals surface area (Å²) in [7, 11) is 1.83. The van der Waals surface area contributed by atoms with Crippen LogP contribution in [0.2, 0.25) is 5.02 Å². The predicted molar refractivity (Wildman–Crippen MR) is 73.8 cm³/mol. The van der Waals surface area contributed by atoms with Gasteiger partial charge < -0.3 is 14.4 Å². The number of halogens is 1. The number of rotatable bonds is 3. The minimum atomic E-state index is -1.05. The monoisotopic (exact) mass is 290 g/mol. The molecule has 1 N–H and O–H groups in total. The molecule has 1 aromatic heterocycles. The molecule has 6 heteroatoms. The van der Waals surface area contributed by atoms with E-state index in [-0.39, 0.29) is 0 Å². The van der Waals surface area contributed by atoms with Gasteiger partial charge in [-0.25, -0.2) is 9.78 Å². The number of ether oxygens (including phenoxy) is 1. The van der Waals surface area contributed by atoms with Crippen molar-refractivity contribution in [1.29, 1.82) is 0 Å². The van der Waals surface area contributed by atoms with Crippen LogP contribution < -0.4 is 4.74 Å². The number of carboxylic acids is 1. The number of benzene rings is 1. The lowest BCUT2D eigenvalue weighted by molar-refractivity contribution is -0.139. The Labute approximate surface area is 120 Å². The molecule has 0 fully saturated rings. The average molecular weight is 291 g/mol. The van der Waals surface area contributed by atoms with E-state index in [2.05, 4.69) is 16.8 Å². The van der Waals surface area contributed by atoms with Crippen LogP contribution in [0.25, 0.3) is 0 Å². The van der Waals surface area contributed by atoms with Crippen molar-refractivity contribution in [3.63, 3.8) is 0 Å². The second-order valence-electron chi connectivity index (χ2n) is 3.93. The van der Waals surface area contributed by atoms with Crippen LogP contribution in [0.3, 0.4) is 0 Å². The molecular formula is C14H11ClN2O3. The van der Waals surface area contributed by atoms with Crippen LogP contribution in [0.1, 0.15) is 11.4 Å². The highest BCUT2D eigenvalue weighted by Crippen LogP contribution is 2.22. The summed E-state index contributed by atoms with van der Waals surface area (Å²) in [5.41, 5.74) is 0.516. The van der Waals surface area contributed by atoms with Crippen LogP contribution in [0, 0.1) is 11.8 Å². The zero-order valence-electron chi connectivity index (χ0n) is 10.6. The average Bonchev–Trinajstić information content (AvgIpc) is 2.80. The number of hydrogen-bond donors (Lipinski definition) is 1. The van der Waals surface area contributed by atoms with E-state index in [9.17, 15) is 4.79 Å². The van der Waals surface area contributed by atoms with Crippen molar-refractivity contribution in [2.75, 3.05) is 6.61 Å². The third kappa shape index (κ3) is 3.53. The smallest absolute Gasteiger partial charge is 0.341 e. The molecule has 0 bridgehead atoms. The molecular weight excluding hydrogens is 280 g/mol. The Balaban J connectivity index is 2.30. The summed E-state index contributed by atoms with van der Waals surface area (Å²) >= 11 is 5.91. The van der Waals surface area contributed by atoms with E-state index >= 15 is 0 Å². The Morgan fingerprint density at radius 3 is 2.95 bits per heavy atom. The molecule has 0 radical (unpaired) electrons. The van der Waals surface area contributed by atoms with E-state index in [1.165, 1.54) is 0 Å². The number of carboxylic acid groups (broad SMARTS) is 1. The maximum atomic E-state index is 10.5. The first-order valence-corrected chi connectivity index (χ1v) is 6.07. The molecule has 0 saturated carbocycles. The van der Waals surface area contributed by atoms with Gasteiger partial charge in [0, 0.05) is 24.5 Å². The summed E-state index contributed by atoms with van der Waals surface area (Å²) in [6.45, 7) is -0.432. The first kappa shape index (κ1) is 14.0. The zero-order chi connectivity index (χ0) is 14.5. The number of nitrogens with zero attached hydrogens (tertiary/aromatic N) is 2. The highest BCUT2D eigenvalue weighted by Gasteiger charge is 2.05. The second-order valence-corrected chi connectivity index (χ2v) is 4.37. The number of hydrogen-bond acceptors (Lipinski definition) is 3. The van der Waals surface area contributed by atoms with Gasteiger partial charge >= 0.3 is 5.97 Å². The van der Waals surface area contributed by atoms with Crippen molar-refractivity contribution < 1.29 is 14.6 Å². The number of carbonyl (C=O) groups is 1. The zero-order valence-corrected chi connectivity index (χ0v) is 11.4. The standard InChI is InChI=1S/C14H11ClN2O3/c1-17-7-6-16-13(17)5-2-10-8-11(15)3-4-12(10)20-9-14(18)19/h3-4,6-8H,9H2,1H3,(H,18,19). The van der Waals surface area contributed by atoms with E-state index in [4.69, 9.17) is 21.4 Å². The van der Waals surface area contributed by atoms with E-state index in [1.807, 2.05) is 7.05 Å². The van der Waals surface area contributed by atoms with Crippen LogP contribution in [0.5, 0.6) is 5.75 Å². The summed E-state index contributed by atoms with van der Waals surface area (Å²) in [5, 5.41) is 9.13. The fourth-order valence-corrected chi connectivity index (χ4v) is 1.65. The molecule has 0 saturated heterocycles. The molecule has 2 rings (SSSR count). The molecule has 0 aliphatic carbocycles. The van der Waals surface area contributed by atoms with E-state index in [1.54, 1.807) is 35.2 Å². The van der Waals surface area contributed by atoms with E-state index < -0.39 is 12.6 Å². The normalized spacial score (nSPS) is 9.70. The molecule has 2 aromatic rings. The molecule has 1 heterocycles. The van der Waals surface area contributed by atoms with Gasteiger partial charge in [0.2, 0.25) is 0 Å². The van der Waals surface area contributed by atoms with Crippen LogP contribution in [-0.4, -0.2) is 27.2 Å². The van der Waals surface area contributed by atoms with Crippen LogP contribution in [0.15, 0.2) is 30.6 Å². The second kappa shape index (κ2) is 6.13. The highest BCUT2D eigenvalue weighted by molar-refractivity contribution is 6.30. The summed E-state index contributed by atoms with van der Waals surface area (Å²) in [6.07, 6.45) is 3.42. The molecule has 0 aliphatic heterocycles. The summed E-state index contributed by atoms with van der Waals surface area (Å²) in [5.74, 6) is 5.68. The molecule has 0 spiro atoms. The van der Waals surface area contributed by atoms with Crippen molar-refractivity contribution in [3.05, 3.63) is 47.0 Å². The van der Waals surface area contributed by atoms with Gasteiger partial charge in [-0.3, -0.25) is 0 Å². The van der Waals surface area contributed by atoms with Gasteiger partial charge in [-0.1, -0.05) is 17.5 Å². The molecule has 102 valence electrons. The molecule has 0 aliphatic rings. The van der Waals surface area contributed by atoms with Crippen molar-refractivity contribution in [3.8, 4) is 17.6 Å². The molecule has 0 unspecified atom stereocenters. The van der Waals surface area contributed by atoms with Gasteiger partial charge in [-0.2, -0.15) is 0 Å². The maximum absolute atomic E-state index is 10.5. The molecule has 5 nitrogen and oxygen atoms in total. The lowest BCUT2D eigenvalue weighted by Crippen LogP contribution is -2.10. The van der Waals surface area contributed by atoms with Gasteiger partial charge in [0.25, 0.3) is 0 Å². The Morgan fingerprint density at radius 1 is 1.50 bits per heavy atom. The van der Waals surface area contributed by atoms with Crippen LogP contribution >= 0.6 is 11.6 Å². The van der Waals surface area contributed by atoms with Crippen molar-refractivity contribution >= 4 is 17.6 Å². The highest BCUT2D eigenvalue weighted by atomic mass is 35.5. The Kier molecular flexibility index (Phi) is 4.28. The summed E-state index contributed by atoms with van der Waals surface area (Å²) < 4.78 is 6.94. The number of imidazole rings is 1. The molecule has 0 amide bonds. The first-order valence-electron chi connectivity index (χ1n) is 5.70. The van der Waals surface area contributed by atoms with Crippen LogP contribution in [-0.2, 0) is 11.8 Å². The summed E-state index contributed by atoms with van der Waals surface area (Å²) in [6, 6.07) is 4.83. The van der Waals surface area contributed by atoms with E-state index in [0.717, 1.165) is 0 Å². The molecule has 20 heavy (non-hydrogen) atoms. The molecule has 0 atom stereocenters. The minimum Gasteiger partial charge on any atom is -0.481 e. The fraction of sp³-hybridized carbons (Fsp3) is 0.143. The maximum Gasteiger partial charge on any atom is 0.341 e. The van der Waals surface area contributed by atoms with Crippen molar-refractivity contribution in [2.24, 2.45) is 7.05 Å². The lowest BCUT2D eigenvalue weighted by atomic mass is 10.2. The summed E-state index contributed by atoms with van der Waals surface area (Å²) in [4.78, 5) is 14.6. The lowest BCUT2D eigenvalue weighted by Gasteiger charge is -2.05. The topological polar surface area (TPSA) is 64.4 Å². The third-order valence-corrected chi connectivity index (χ3v) is 2.66. The number of aromatic nitrogens is 2. The first-order chi connectivity index (χ1) is 9.56.